The molecule has 1 fully saturated rings. The lowest BCUT2D eigenvalue weighted by molar-refractivity contribution is -0.0365. The fourth-order valence-electron chi connectivity index (χ4n) is 5.57. The van der Waals surface area contributed by atoms with Crippen LogP contribution in [0.1, 0.15) is 64.3 Å². The summed E-state index contributed by atoms with van der Waals surface area (Å²) in [6.07, 6.45) is 6.11. The fraction of sp³-hybridized carbons (Fsp3) is 0.394. The smallest absolute Gasteiger partial charge is 0.410 e. The number of halogens is 1. The number of aromatic amines is 1. The summed E-state index contributed by atoms with van der Waals surface area (Å²) in [4.78, 5) is 27.1. The first-order chi connectivity index (χ1) is 20.6. The average Bonchev–Trinajstić information content (AvgIpc) is 3.57. The second kappa shape index (κ2) is 11.4. The molecule has 224 valence electrons. The zero-order chi connectivity index (χ0) is 30.3. The second-order valence-electron chi connectivity index (χ2n) is 12.1. The van der Waals surface area contributed by atoms with Gasteiger partial charge in [-0.3, -0.25) is 4.98 Å². The maximum Gasteiger partial charge on any atom is 0.410 e. The molecule has 2 aromatic carbocycles. The van der Waals surface area contributed by atoms with E-state index in [1.165, 1.54) is 12.1 Å². The number of nitrogens with one attached hydrogen (secondary N) is 1. The molecule has 0 radical (unpaired) electrons. The normalized spacial score (nSPS) is 15.7. The number of ether oxygens (including phenoxy) is 2. The van der Waals surface area contributed by atoms with Gasteiger partial charge in [0.25, 0.3) is 0 Å². The summed E-state index contributed by atoms with van der Waals surface area (Å²) in [5, 5.41) is 5.91. The molecular formula is C33H37FN6O3. The van der Waals surface area contributed by atoms with E-state index in [0.29, 0.717) is 36.7 Å². The van der Waals surface area contributed by atoms with Gasteiger partial charge in [-0.15, -0.1) is 0 Å². The van der Waals surface area contributed by atoms with Gasteiger partial charge in [0.05, 0.1) is 23.1 Å². The quantitative estimate of drug-likeness (QED) is 0.221. The summed E-state index contributed by atoms with van der Waals surface area (Å²) < 4.78 is 27.6. The third kappa shape index (κ3) is 5.84. The number of amides is 1. The lowest BCUT2D eigenvalue weighted by atomic mass is 9.97. The van der Waals surface area contributed by atoms with Gasteiger partial charge < -0.3 is 19.4 Å². The number of hydrogen-bond donors (Lipinski definition) is 1. The number of aromatic nitrogens is 5. The summed E-state index contributed by atoms with van der Waals surface area (Å²) in [5.74, 6) is 0.229. The maximum absolute atomic E-state index is 14.0. The van der Waals surface area contributed by atoms with Crippen LogP contribution in [-0.4, -0.2) is 54.5 Å². The van der Waals surface area contributed by atoms with Crippen molar-refractivity contribution in [1.82, 2.24) is 29.6 Å². The minimum absolute atomic E-state index is 0.169. The van der Waals surface area contributed by atoms with Gasteiger partial charge >= 0.3 is 6.09 Å². The number of carbonyl (C=O) groups is 1. The van der Waals surface area contributed by atoms with Crippen molar-refractivity contribution in [2.24, 2.45) is 0 Å². The molecule has 43 heavy (non-hydrogen) atoms. The van der Waals surface area contributed by atoms with Crippen LogP contribution in [0, 0.1) is 12.7 Å². The van der Waals surface area contributed by atoms with Gasteiger partial charge in [-0.1, -0.05) is 6.07 Å². The van der Waals surface area contributed by atoms with Gasteiger partial charge in [0, 0.05) is 42.6 Å². The predicted octanol–water partition coefficient (Wildman–Crippen LogP) is 7.55. The number of rotatable bonds is 6. The van der Waals surface area contributed by atoms with E-state index in [9.17, 15) is 9.18 Å². The van der Waals surface area contributed by atoms with Crippen molar-refractivity contribution < 1.29 is 18.7 Å². The molecule has 9 nitrogen and oxygen atoms in total. The van der Waals surface area contributed by atoms with Crippen molar-refractivity contribution in [1.29, 1.82) is 0 Å². The number of benzene rings is 2. The topological polar surface area (TPSA) is 98.2 Å². The third-order valence-corrected chi connectivity index (χ3v) is 7.83. The van der Waals surface area contributed by atoms with Crippen molar-refractivity contribution in [2.75, 3.05) is 13.2 Å². The molecule has 1 aliphatic heterocycles. The SMILES string of the molecule is CCN(Cc1cncc(-c2ccc3c(c2)c(-c2nc4cc(F)ccc4[nH]2)nn3C2CCCCO2)c1C)C(=O)OC(C)(C)C. The Morgan fingerprint density at radius 1 is 1.19 bits per heavy atom. The summed E-state index contributed by atoms with van der Waals surface area (Å²) in [6.45, 7) is 11.2. The van der Waals surface area contributed by atoms with Crippen molar-refractivity contribution in [3.8, 4) is 22.6 Å². The Morgan fingerprint density at radius 2 is 2.02 bits per heavy atom. The predicted molar refractivity (Wildman–Crippen MR) is 164 cm³/mol. The Labute approximate surface area is 250 Å². The summed E-state index contributed by atoms with van der Waals surface area (Å²) in [7, 11) is 0. The molecule has 0 saturated carbocycles. The van der Waals surface area contributed by atoms with E-state index in [1.54, 1.807) is 11.0 Å². The number of H-pyrrole nitrogens is 1. The van der Waals surface area contributed by atoms with Crippen LogP contribution in [-0.2, 0) is 16.0 Å². The highest BCUT2D eigenvalue weighted by Gasteiger charge is 2.25. The molecule has 0 spiro atoms. The van der Waals surface area contributed by atoms with Crippen molar-refractivity contribution in [3.63, 3.8) is 0 Å². The Balaban J connectivity index is 1.42. The minimum Gasteiger partial charge on any atom is -0.444 e. The van der Waals surface area contributed by atoms with Crippen LogP contribution in [0.15, 0.2) is 48.8 Å². The molecule has 1 amide bonds. The first-order valence-electron chi connectivity index (χ1n) is 14.8. The molecule has 10 heteroatoms. The highest BCUT2D eigenvalue weighted by molar-refractivity contribution is 5.96. The van der Waals surface area contributed by atoms with Gasteiger partial charge in [0.2, 0.25) is 0 Å². The number of pyridine rings is 1. The second-order valence-corrected chi connectivity index (χ2v) is 12.1. The standard InChI is InChI=1S/C33H37FN6O3/c1-6-39(32(41)43-33(3,4)5)19-22-17-35-18-25(20(22)2)21-10-13-28-24(15-21)30(38-40(28)29-9-7-8-14-42-29)31-36-26-12-11-23(34)16-27(26)37-31/h10-13,15-18,29H,6-9,14,19H2,1-5H3,(H,36,37). The third-order valence-electron chi connectivity index (χ3n) is 7.83. The van der Waals surface area contributed by atoms with Gasteiger partial charge in [-0.25, -0.2) is 18.9 Å². The molecule has 5 aromatic rings. The van der Waals surface area contributed by atoms with Crippen molar-refractivity contribution in [2.45, 2.75) is 72.3 Å². The van der Waals surface area contributed by atoms with Gasteiger partial charge in [-0.05, 0) is 94.8 Å². The Kier molecular flexibility index (Phi) is 7.64. The molecule has 0 aliphatic carbocycles. The van der Waals surface area contributed by atoms with Gasteiger partial charge in [0.15, 0.2) is 12.1 Å². The number of fused-ring (bicyclic) bond motifs is 2. The summed E-state index contributed by atoms with van der Waals surface area (Å²) in [5.41, 5.74) is 6.20. The minimum atomic E-state index is -0.576. The van der Waals surface area contributed by atoms with E-state index < -0.39 is 5.60 Å². The van der Waals surface area contributed by atoms with Crippen LogP contribution < -0.4 is 0 Å². The van der Waals surface area contributed by atoms with Gasteiger partial charge in [0.1, 0.15) is 17.1 Å². The van der Waals surface area contributed by atoms with Crippen LogP contribution in [0.3, 0.4) is 0 Å². The number of nitrogens with zero attached hydrogens (tertiary/aromatic N) is 5. The molecular weight excluding hydrogens is 547 g/mol. The van der Waals surface area contributed by atoms with E-state index in [2.05, 4.69) is 28.2 Å². The lowest BCUT2D eigenvalue weighted by Crippen LogP contribution is -2.36. The number of carbonyl (C=O) groups excluding carboxylic acids is 1. The lowest BCUT2D eigenvalue weighted by Gasteiger charge is -2.27. The van der Waals surface area contributed by atoms with E-state index in [0.717, 1.165) is 57.9 Å². The zero-order valence-corrected chi connectivity index (χ0v) is 25.3. The molecule has 1 atom stereocenters. The molecule has 1 aliphatic rings. The van der Waals surface area contributed by atoms with Crippen LogP contribution in [0.5, 0.6) is 0 Å². The highest BCUT2D eigenvalue weighted by atomic mass is 19.1. The van der Waals surface area contributed by atoms with Crippen LogP contribution >= 0.6 is 0 Å². The van der Waals surface area contributed by atoms with Crippen LogP contribution in [0.25, 0.3) is 44.6 Å². The largest absolute Gasteiger partial charge is 0.444 e. The monoisotopic (exact) mass is 584 g/mol. The Morgan fingerprint density at radius 3 is 2.77 bits per heavy atom. The van der Waals surface area contributed by atoms with E-state index in [4.69, 9.17) is 19.6 Å². The molecule has 4 heterocycles. The summed E-state index contributed by atoms with van der Waals surface area (Å²) in [6, 6.07) is 10.8. The van der Waals surface area contributed by atoms with E-state index in [1.807, 2.05) is 51.7 Å². The number of hydrogen-bond acceptors (Lipinski definition) is 6. The number of imidazole rings is 1. The maximum atomic E-state index is 14.0. The van der Waals surface area contributed by atoms with E-state index >= 15 is 0 Å². The fourth-order valence-corrected chi connectivity index (χ4v) is 5.57. The Hall–Kier alpha value is -4.31. The molecule has 6 rings (SSSR count). The van der Waals surface area contributed by atoms with E-state index in [-0.39, 0.29) is 18.1 Å². The molecule has 1 saturated heterocycles. The van der Waals surface area contributed by atoms with Crippen molar-refractivity contribution in [3.05, 3.63) is 65.7 Å². The van der Waals surface area contributed by atoms with Crippen molar-refractivity contribution >= 4 is 28.0 Å². The summed E-state index contributed by atoms with van der Waals surface area (Å²) >= 11 is 0. The zero-order valence-electron chi connectivity index (χ0n) is 25.3. The van der Waals surface area contributed by atoms with Crippen LogP contribution in [0.2, 0.25) is 0 Å². The molecule has 1 N–H and O–H groups in total. The molecule has 1 unspecified atom stereocenters. The first-order valence-corrected chi connectivity index (χ1v) is 14.8. The van der Waals surface area contributed by atoms with Crippen LogP contribution in [0.4, 0.5) is 9.18 Å². The average molecular weight is 585 g/mol. The molecule has 0 bridgehead atoms. The molecule has 3 aromatic heterocycles. The first kappa shape index (κ1) is 28.8. The Bertz CT molecular complexity index is 1800. The highest BCUT2D eigenvalue weighted by Crippen LogP contribution is 2.36. The van der Waals surface area contributed by atoms with Gasteiger partial charge in [-0.2, -0.15) is 5.10 Å².